The molecule has 2 aromatic rings. The highest BCUT2D eigenvalue weighted by Gasteiger charge is 1.98. The molecule has 0 N–H and O–H groups in total. The first-order chi connectivity index (χ1) is 7.84. The van der Waals surface area contributed by atoms with Crippen molar-refractivity contribution >= 4 is 33.9 Å². The summed E-state index contributed by atoms with van der Waals surface area (Å²) in [5.74, 6) is 0. The maximum atomic E-state index is 2.39. The first-order valence-corrected chi connectivity index (χ1v) is 7.52. The molecule has 0 spiro atoms. The van der Waals surface area contributed by atoms with Crippen molar-refractivity contribution in [2.45, 2.75) is 25.7 Å². The lowest BCUT2D eigenvalue weighted by Crippen LogP contribution is -1.86. The summed E-state index contributed by atoms with van der Waals surface area (Å²) in [6.07, 6.45) is 5.04. The van der Waals surface area contributed by atoms with Crippen LogP contribution in [0.15, 0.2) is 42.5 Å². The van der Waals surface area contributed by atoms with Crippen molar-refractivity contribution in [1.82, 2.24) is 0 Å². The molecule has 0 saturated heterocycles. The van der Waals surface area contributed by atoms with Gasteiger partial charge in [0.25, 0.3) is 0 Å². The molecule has 2 rings (SSSR count). The monoisotopic (exact) mass is 342 g/mol. The summed E-state index contributed by atoms with van der Waals surface area (Å²) in [5.41, 5.74) is 1.46. The van der Waals surface area contributed by atoms with E-state index >= 15 is 0 Å². The average Bonchev–Trinajstić information content (AvgIpc) is 2.72. The van der Waals surface area contributed by atoms with Gasteiger partial charge in [0.05, 0.1) is 2.88 Å². The van der Waals surface area contributed by atoms with Gasteiger partial charge in [-0.2, -0.15) is 0 Å². The molecule has 0 nitrogen and oxygen atoms in total. The molecule has 0 unspecified atom stereocenters. The molecule has 1 heterocycles. The van der Waals surface area contributed by atoms with E-state index in [4.69, 9.17) is 0 Å². The highest BCUT2D eigenvalue weighted by atomic mass is 127. The number of hydrogen-bond donors (Lipinski definition) is 0. The van der Waals surface area contributed by atoms with E-state index in [1.165, 1.54) is 39.0 Å². The normalized spacial score (nSPS) is 10.6. The van der Waals surface area contributed by atoms with Crippen molar-refractivity contribution in [3.63, 3.8) is 0 Å². The van der Waals surface area contributed by atoms with Crippen LogP contribution in [0.3, 0.4) is 0 Å². The zero-order chi connectivity index (χ0) is 11.2. The fourth-order valence-corrected chi connectivity index (χ4v) is 3.56. The van der Waals surface area contributed by atoms with Crippen molar-refractivity contribution in [2.75, 3.05) is 0 Å². The lowest BCUT2D eigenvalue weighted by molar-refractivity contribution is 0.740. The van der Waals surface area contributed by atoms with Crippen molar-refractivity contribution in [3.8, 4) is 0 Å². The first-order valence-electron chi connectivity index (χ1n) is 5.63. The fourth-order valence-electron chi connectivity index (χ4n) is 1.76. The van der Waals surface area contributed by atoms with Gasteiger partial charge in [-0.05, 0) is 66.0 Å². The van der Waals surface area contributed by atoms with Crippen LogP contribution in [-0.2, 0) is 12.8 Å². The third-order valence-electron chi connectivity index (χ3n) is 2.61. The summed E-state index contributed by atoms with van der Waals surface area (Å²) < 4.78 is 1.40. The minimum atomic E-state index is 1.21. The molecule has 0 saturated carbocycles. The highest BCUT2D eigenvalue weighted by molar-refractivity contribution is 14.1. The van der Waals surface area contributed by atoms with Crippen LogP contribution in [0.2, 0.25) is 0 Å². The zero-order valence-corrected chi connectivity index (χ0v) is 12.1. The van der Waals surface area contributed by atoms with E-state index in [0.717, 1.165) is 0 Å². The number of hydrogen-bond acceptors (Lipinski definition) is 1. The number of benzene rings is 1. The molecule has 0 amide bonds. The summed E-state index contributed by atoms with van der Waals surface area (Å²) in [7, 11) is 0. The number of thiophene rings is 1. The van der Waals surface area contributed by atoms with Crippen LogP contribution in [0.25, 0.3) is 0 Å². The standard InChI is InChI=1S/C14H15IS/c15-14-11-10-13(16-14)9-5-4-8-12-6-2-1-3-7-12/h1-3,6-7,10-11H,4-5,8-9H2. The van der Waals surface area contributed by atoms with Crippen LogP contribution in [0.1, 0.15) is 23.3 Å². The van der Waals surface area contributed by atoms with Gasteiger partial charge >= 0.3 is 0 Å². The van der Waals surface area contributed by atoms with Crippen LogP contribution in [-0.4, -0.2) is 0 Å². The lowest BCUT2D eigenvalue weighted by atomic mass is 10.1. The molecule has 1 aromatic carbocycles. The van der Waals surface area contributed by atoms with Gasteiger partial charge in [0.15, 0.2) is 0 Å². The molecule has 0 aliphatic heterocycles. The maximum Gasteiger partial charge on any atom is 0.0656 e. The Bertz CT molecular complexity index is 419. The Kier molecular flexibility index (Phi) is 4.85. The molecule has 0 aliphatic carbocycles. The molecule has 0 fully saturated rings. The van der Waals surface area contributed by atoms with Crippen LogP contribution in [0.4, 0.5) is 0 Å². The van der Waals surface area contributed by atoms with Crippen LogP contribution >= 0.6 is 33.9 Å². The van der Waals surface area contributed by atoms with Crippen LogP contribution in [0, 0.1) is 2.88 Å². The van der Waals surface area contributed by atoms with Crippen molar-refractivity contribution < 1.29 is 0 Å². The van der Waals surface area contributed by atoms with Gasteiger partial charge < -0.3 is 0 Å². The molecule has 0 aliphatic rings. The van der Waals surface area contributed by atoms with Crippen LogP contribution < -0.4 is 0 Å². The maximum absolute atomic E-state index is 2.39. The van der Waals surface area contributed by atoms with Crippen molar-refractivity contribution in [2.24, 2.45) is 0 Å². The van der Waals surface area contributed by atoms with E-state index in [2.05, 4.69) is 65.1 Å². The summed E-state index contributed by atoms with van der Waals surface area (Å²) in [5, 5.41) is 0. The summed E-state index contributed by atoms with van der Waals surface area (Å²) >= 11 is 4.31. The predicted octanol–water partition coefficient (Wildman–Crippen LogP) is 4.92. The van der Waals surface area contributed by atoms with Gasteiger partial charge in [-0.25, -0.2) is 0 Å². The molecule has 2 heteroatoms. The lowest BCUT2D eigenvalue weighted by Gasteiger charge is -2.00. The second-order valence-corrected chi connectivity index (χ2v) is 6.96. The number of rotatable bonds is 5. The summed E-state index contributed by atoms with van der Waals surface area (Å²) in [6, 6.07) is 15.2. The highest BCUT2D eigenvalue weighted by Crippen LogP contribution is 2.20. The van der Waals surface area contributed by atoms with Gasteiger partial charge in [0.1, 0.15) is 0 Å². The molecule has 0 bridgehead atoms. The molecular weight excluding hydrogens is 327 g/mol. The minimum absolute atomic E-state index is 1.21. The Morgan fingerprint density at radius 1 is 0.875 bits per heavy atom. The molecule has 0 radical (unpaired) electrons. The quantitative estimate of drug-likeness (QED) is 0.535. The molecule has 1 aromatic heterocycles. The van der Waals surface area contributed by atoms with E-state index < -0.39 is 0 Å². The van der Waals surface area contributed by atoms with Crippen molar-refractivity contribution in [1.29, 1.82) is 0 Å². The third kappa shape index (κ3) is 3.91. The average molecular weight is 342 g/mol. The Labute approximate surface area is 115 Å². The Balaban J connectivity index is 1.69. The van der Waals surface area contributed by atoms with Crippen LogP contribution in [0.5, 0.6) is 0 Å². The molecule has 0 atom stereocenters. The number of aryl methyl sites for hydroxylation is 2. The first kappa shape index (κ1) is 12.1. The molecule has 84 valence electrons. The predicted molar refractivity (Wildman–Crippen MR) is 80.1 cm³/mol. The molecular formula is C14H15IS. The number of halogens is 1. The van der Waals surface area contributed by atoms with Gasteiger partial charge in [-0.15, -0.1) is 11.3 Å². The Morgan fingerprint density at radius 3 is 2.31 bits per heavy atom. The third-order valence-corrected chi connectivity index (χ3v) is 4.56. The largest absolute Gasteiger partial charge is 0.134 e. The van der Waals surface area contributed by atoms with Crippen molar-refractivity contribution in [3.05, 3.63) is 55.8 Å². The van der Waals surface area contributed by atoms with Gasteiger partial charge in [-0.1, -0.05) is 30.3 Å². The SMILES string of the molecule is Ic1ccc(CCCCc2ccccc2)s1. The minimum Gasteiger partial charge on any atom is -0.134 e. The van der Waals surface area contributed by atoms with E-state index in [0.29, 0.717) is 0 Å². The second-order valence-electron chi connectivity index (χ2n) is 3.90. The zero-order valence-electron chi connectivity index (χ0n) is 9.16. The fraction of sp³-hybridized carbons (Fsp3) is 0.286. The van der Waals surface area contributed by atoms with E-state index in [1.54, 1.807) is 0 Å². The summed E-state index contributed by atoms with van der Waals surface area (Å²) in [6.45, 7) is 0. The van der Waals surface area contributed by atoms with E-state index in [1.807, 2.05) is 11.3 Å². The van der Waals surface area contributed by atoms with Gasteiger partial charge in [-0.3, -0.25) is 0 Å². The van der Waals surface area contributed by atoms with Gasteiger partial charge in [0.2, 0.25) is 0 Å². The van der Waals surface area contributed by atoms with E-state index in [-0.39, 0.29) is 0 Å². The van der Waals surface area contributed by atoms with Gasteiger partial charge in [0, 0.05) is 4.88 Å². The summed E-state index contributed by atoms with van der Waals surface area (Å²) in [4.78, 5) is 1.53. The number of unbranched alkanes of at least 4 members (excludes halogenated alkanes) is 1. The topological polar surface area (TPSA) is 0 Å². The molecule has 16 heavy (non-hydrogen) atoms. The second kappa shape index (κ2) is 6.40. The smallest absolute Gasteiger partial charge is 0.0656 e. The van der Waals surface area contributed by atoms with E-state index in [9.17, 15) is 0 Å². The Morgan fingerprint density at radius 2 is 1.62 bits per heavy atom. The Hall–Kier alpha value is -0.350.